The summed E-state index contributed by atoms with van der Waals surface area (Å²) in [7, 11) is 2.16. The van der Waals surface area contributed by atoms with E-state index in [4.69, 9.17) is 4.98 Å². The minimum absolute atomic E-state index is 1.08. The van der Waals surface area contributed by atoms with Gasteiger partial charge in [-0.1, -0.05) is 17.7 Å². The third-order valence-electron chi connectivity index (χ3n) is 5.29. The number of nitrogens with zero attached hydrogens (tertiary/aromatic N) is 3. The number of aromatic nitrogens is 3. The van der Waals surface area contributed by atoms with Crippen LogP contribution in [0.5, 0.6) is 0 Å². The fraction of sp³-hybridized carbons (Fsp3) is 0.182. The second-order valence-electron chi connectivity index (χ2n) is 7.08. The SMILES string of the molecule is Cc1ccc2c(c1)c1nccc(C)c1c1n(C)c3cc(C)ccc3[n+]21. The van der Waals surface area contributed by atoms with Gasteiger partial charge in [-0.25, -0.2) is 4.57 Å². The van der Waals surface area contributed by atoms with Crippen molar-refractivity contribution in [3.05, 3.63) is 65.4 Å². The predicted octanol–water partition coefficient (Wildman–Crippen LogP) is 4.54. The zero-order chi connectivity index (χ0) is 17.3. The first-order valence-corrected chi connectivity index (χ1v) is 8.65. The van der Waals surface area contributed by atoms with Gasteiger partial charge in [0.2, 0.25) is 0 Å². The maximum atomic E-state index is 4.76. The summed E-state index contributed by atoms with van der Waals surface area (Å²) in [5.41, 5.74) is 9.78. The van der Waals surface area contributed by atoms with Gasteiger partial charge in [0.1, 0.15) is 5.52 Å². The molecule has 3 aromatic heterocycles. The fourth-order valence-electron chi connectivity index (χ4n) is 4.07. The van der Waals surface area contributed by atoms with E-state index in [2.05, 4.69) is 79.3 Å². The highest BCUT2D eigenvalue weighted by atomic mass is 15.1. The number of hydrogen-bond donors (Lipinski definition) is 0. The Morgan fingerprint density at radius 3 is 2.40 bits per heavy atom. The molecule has 3 heteroatoms. The number of imidazole rings is 1. The van der Waals surface area contributed by atoms with Gasteiger partial charge in [-0.15, -0.1) is 0 Å². The van der Waals surface area contributed by atoms with Crippen LogP contribution in [-0.2, 0) is 7.05 Å². The van der Waals surface area contributed by atoms with E-state index in [0.29, 0.717) is 0 Å². The highest BCUT2D eigenvalue weighted by Gasteiger charge is 2.24. The van der Waals surface area contributed by atoms with Crippen LogP contribution < -0.4 is 4.40 Å². The lowest BCUT2D eigenvalue weighted by atomic mass is 10.1. The fourth-order valence-corrected chi connectivity index (χ4v) is 4.07. The van der Waals surface area contributed by atoms with Crippen molar-refractivity contribution in [1.82, 2.24) is 9.55 Å². The number of benzene rings is 2. The maximum absolute atomic E-state index is 4.76. The van der Waals surface area contributed by atoms with E-state index in [1.807, 2.05) is 6.20 Å². The highest BCUT2D eigenvalue weighted by molar-refractivity contribution is 6.09. The molecule has 0 N–H and O–H groups in total. The Morgan fingerprint density at radius 1 is 0.880 bits per heavy atom. The maximum Gasteiger partial charge on any atom is 0.297 e. The lowest BCUT2D eigenvalue weighted by Gasteiger charge is -2.07. The molecule has 0 radical (unpaired) electrons. The van der Waals surface area contributed by atoms with E-state index < -0.39 is 0 Å². The van der Waals surface area contributed by atoms with Gasteiger partial charge in [-0.3, -0.25) is 4.98 Å². The smallest absolute Gasteiger partial charge is 0.255 e. The van der Waals surface area contributed by atoms with Gasteiger partial charge in [0.15, 0.2) is 11.0 Å². The second-order valence-corrected chi connectivity index (χ2v) is 7.08. The average Bonchev–Trinajstić information content (AvgIpc) is 2.88. The molecule has 25 heavy (non-hydrogen) atoms. The molecule has 0 aliphatic carbocycles. The molecule has 0 saturated carbocycles. The van der Waals surface area contributed by atoms with Crippen LogP contribution in [0.25, 0.3) is 38.5 Å². The molecule has 5 aromatic rings. The molecule has 2 aromatic carbocycles. The minimum atomic E-state index is 1.08. The summed E-state index contributed by atoms with van der Waals surface area (Å²) >= 11 is 0. The van der Waals surface area contributed by atoms with Gasteiger partial charge in [0.25, 0.3) is 5.65 Å². The van der Waals surface area contributed by atoms with Crippen LogP contribution in [0.2, 0.25) is 0 Å². The molecule has 0 spiro atoms. The third kappa shape index (κ3) is 1.81. The summed E-state index contributed by atoms with van der Waals surface area (Å²) in [4.78, 5) is 4.76. The average molecular weight is 326 g/mol. The molecule has 0 fully saturated rings. The molecule has 0 saturated heterocycles. The van der Waals surface area contributed by atoms with Crippen LogP contribution in [0, 0.1) is 20.8 Å². The number of rotatable bonds is 0. The van der Waals surface area contributed by atoms with Gasteiger partial charge >= 0.3 is 0 Å². The van der Waals surface area contributed by atoms with Crippen molar-refractivity contribution in [1.29, 1.82) is 0 Å². The molecule has 3 nitrogen and oxygen atoms in total. The third-order valence-corrected chi connectivity index (χ3v) is 5.29. The van der Waals surface area contributed by atoms with Crippen LogP contribution in [0.15, 0.2) is 48.7 Å². The first-order valence-electron chi connectivity index (χ1n) is 8.65. The summed E-state index contributed by atoms with van der Waals surface area (Å²) in [6.45, 7) is 6.46. The van der Waals surface area contributed by atoms with Gasteiger partial charge in [0, 0.05) is 11.6 Å². The van der Waals surface area contributed by atoms with Crippen molar-refractivity contribution in [2.75, 3.05) is 0 Å². The first kappa shape index (κ1) is 14.4. The summed E-state index contributed by atoms with van der Waals surface area (Å²) in [5, 5.41) is 2.45. The second kappa shape index (κ2) is 4.79. The lowest BCUT2D eigenvalue weighted by Crippen LogP contribution is -2.23. The Kier molecular flexibility index (Phi) is 2.76. The van der Waals surface area contributed by atoms with Crippen LogP contribution in [0.3, 0.4) is 0 Å². The van der Waals surface area contributed by atoms with E-state index in [-0.39, 0.29) is 0 Å². The number of fused-ring (bicyclic) bond motifs is 8. The van der Waals surface area contributed by atoms with Crippen LogP contribution in [-0.4, -0.2) is 9.55 Å². The normalized spacial score (nSPS) is 12.0. The largest absolute Gasteiger partial charge is 0.297 e. The zero-order valence-corrected chi connectivity index (χ0v) is 15.0. The van der Waals surface area contributed by atoms with Crippen molar-refractivity contribution >= 4 is 38.5 Å². The Bertz CT molecular complexity index is 1330. The zero-order valence-electron chi connectivity index (χ0n) is 15.0. The predicted molar refractivity (Wildman–Crippen MR) is 103 cm³/mol. The van der Waals surface area contributed by atoms with Crippen molar-refractivity contribution in [2.24, 2.45) is 7.05 Å². The van der Waals surface area contributed by atoms with E-state index in [0.717, 1.165) is 5.52 Å². The summed E-state index contributed by atoms with van der Waals surface area (Å²) < 4.78 is 4.69. The monoisotopic (exact) mass is 326 g/mol. The van der Waals surface area contributed by atoms with Crippen molar-refractivity contribution in [3.8, 4) is 0 Å². The van der Waals surface area contributed by atoms with Crippen LogP contribution in [0.4, 0.5) is 0 Å². The lowest BCUT2D eigenvalue weighted by molar-refractivity contribution is -0.449. The first-order chi connectivity index (χ1) is 12.1. The molecular formula is C22H20N3+. The summed E-state index contributed by atoms with van der Waals surface area (Å²) in [6.07, 6.45) is 1.92. The minimum Gasteiger partial charge on any atom is -0.255 e. The Hall–Kier alpha value is -2.94. The van der Waals surface area contributed by atoms with E-state index in [9.17, 15) is 0 Å². The van der Waals surface area contributed by atoms with Crippen molar-refractivity contribution in [2.45, 2.75) is 20.8 Å². The quantitative estimate of drug-likeness (QED) is 0.302. The molecule has 0 aliphatic rings. The molecular weight excluding hydrogens is 306 g/mol. The van der Waals surface area contributed by atoms with Crippen LogP contribution >= 0.6 is 0 Å². The number of pyridine rings is 2. The van der Waals surface area contributed by atoms with E-state index >= 15 is 0 Å². The molecule has 0 atom stereocenters. The van der Waals surface area contributed by atoms with Gasteiger partial charge in [-0.05, 0) is 62.2 Å². The Balaban J connectivity index is 2.25. The van der Waals surface area contributed by atoms with Gasteiger partial charge in [0.05, 0.1) is 18.0 Å². The van der Waals surface area contributed by atoms with Crippen molar-refractivity contribution in [3.63, 3.8) is 0 Å². The standard InChI is InChI=1S/C22H20N3/c1-13-5-7-17-16(11-13)21-20(15(3)9-10-23-21)22-24(4)19-12-14(2)6-8-18(19)25(17)22/h5-12H,1-4H3/q+1. The Morgan fingerprint density at radius 2 is 1.60 bits per heavy atom. The van der Waals surface area contributed by atoms with Crippen LogP contribution in [0.1, 0.15) is 16.7 Å². The van der Waals surface area contributed by atoms with E-state index in [1.54, 1.807) is 0 Å². The number of aryl methyl sites for hydroxylation is 4. The van der Waals surface area contributed by atoms with E-state index in [1.165, 1.54) is 49.7 Å². The molecule has 0 aliphatic heterocycles. The molecule has 5 rings (SSSR count). The topological polar surface area (TPSA) is 21.9 Å². The molecule has 0 unspecified atom stereocenters. The molecule has 0 bridgehead atoms. The molecule has 3 heterocycles. The summed E-state index contributed by atoms with van der Waals surface area (Å²) in [5.74, 6) is 0. The van der Waals surface area contributed by atoms with Gasteiger partial charge < -0.3 is 0 Å². The molecule has 122 valence electrons. The molecule has 0 amide bonds. The highest BCUT2D eigenvalue weighted by Crippen LogP contribution is 2.30. The Labute approximate surface area is 146 Å². The van der Waals surface area contributed by atoms with Gasteiger partial charge in [-0.2, -0.15) is 4.40 Å². The summed E-state index contributed by atoms with van der Waals surface area (Å²) in [6, 6.07) is 15.4. The number of hydrogen-bond acceptors (Lipinski definition) is 1. The van der Waals surface area contributed by atoms with Crippen molar-refractivity contribution < 1.29 is 4.40 Å².